The largest absolute Gasteiger partial charge is 0.311 e. The lowest BCUT2D eigenvalue weighted by molar-refractivity contribution is 0.461. The molecule has 1 fully saturated rings. The first-order valence-corrected chi connectivity index (χ1v) is 7.81. The highest BCUT2D eigenvalue weighted by Gasteiger charge is 2.17. The maximum Gasteiger partial charge on any atom is 0.126 e. The zero-order valence-electron chi connectivity index (χ0n) is 12.3. The number of hydrogen-bond acceptors (Lipinski definition) is 2. The van der Waals surface area contributed by atoms with Gasteiger partial charge >= 0.3 is 0 Å². The highest BCUT2D eigenvalue weighted by atomic mass is 19.1. The van der Waals surface area contributed by atoms with Crippen molar-refractivity contribution in [1.29, 1.82) is 0 Å². The molecular weight excluding hydrogens is 265 g/mol. The van der Waals surface area contributed by atoms with E-state index in [1.165, 1.54) is 31.7 Å². The molecule has 0 aliphatic heterocycles. The average molecular weight is 287 g/mol. The van der Waals surface area contributed by atoms with Gasteiger partial charge in [0.25, 0.3) is 0 Å². The van der Waals surface area contributed by atoms with E-state index in [-0.39, 0.29) is 5.82 Å². The van der Waals surface area contributed by atoms with Crippen LogP contribution in [0.5, 0.6) is 0 Å². The van der Waals surface area contributed by atoms with E-state index >= 15 is 0 Å². The molecule has 1 heterocycles. The quantitative estimate of drug-likeness (QED) is 0.824. The molecule has 0 spiro atoms. The predicted octanol–water partition coefficient (Wildman–Crippen LogP) is 3.47. The zero-order valence-corrected chi connectivity index (χ0v) is 12.3. The first-order valence-electron chi connectivity index (χ1n) is 7.81. The Morgan fingerprint density at radius 1 is 1.19 bits per heavy atom. The fourth-order valence-electron chi connectivity index (χ4n) is 2.98. The van der Waals surface area contributed by atoms with E-state index in [0.717, 1.165) is 24.3 Å². The number of nitrogens with zero attached hydrogens (tertiary/aromatic N) is 2. The summed E-state index contributed by atoms with van der Waals surface area (Å²) in [6.45, 7) is 1.51. The third kappa shape index (κ3) is 3.70. The fourth-order valence-corrected chi connectivity index (χ4v) is 2.98. The summed E-state index contributed by atoms with van der Waals surface area (Å²) in [5.74, 6) is -0.121. The minimum Gasteiger partial charge on any atom is -0.311 e. The summed E-state index contributed by atoms with van der Waals surface area (Å²) >= 11 is 0. The first-order chi connectivity index (χ1) is 10.3. The van der Waals surface area contributed by atoms with Crippen molar-refractivity contribution >= 4 is 0 Å². The van der Waals surface area contributed by atoms with E-state index in [2.05, 4.69) is 27.4 Å². The lowest BCUT2D eigenvalue weighted by Gasteiger charge is -2.09. The van der Waals surface area contributed by atoms with Crippen LogP contribution in [0.15, 0.2) is 36.5 Å². The number of benzene rings is 1. The minimum atomic E-state index is -0.121. The van der Waals surface area contributed by atoms with Crippen LogP contribution < -0.4 is 5.32 Å². The van der Waals surface area contributed by atoms with Crippen molar-refractivity contribution in [2.45, 2.75) is 44.7 Å². The first kappa shape index (κ1) is 14.3. The molecular formula is C17H22FN3. The second-order valence-corrected chi connectivity index (χ2v) is 5.74. The second-order valence-electron chi connectivity index (χ2n) is 5.74. The summed E-state index contributed by atoms with van der Waals surface area (Å²) in [6.07, 6.45) is 7.94. The Bertz CT molecular complexity index is 573. The summed E-state index contributed by atoms with van der Waals surface area (Å²) in [7, 11) is 0. The molecule has 0 radical (unpaired) electrons. The van der Waals surface area contributed by atoms with Crippen LogP contribution in [-0.2, 0) is 13.0 Å². The number of halogens is 1. The predicted molar refractivity (Wildman–Crippen MR) is 81.5 cm³/mol. The number of aromatic nitrogens is 2. The van der Waals surface area contributed by atoms with Crippen molar-refractivity contribution < 1.29 is 4.39 Å². The van der Waals surface area contributed by atoms with Gasteiger partial charge in [0.1, 0.15) is 5.82 Å². The summed E-state index contributed by atoms with van der Waals surface area (Å²) in [4.78, 5) is 0. The molecule has 0 bridgehead atoms. The molecule has 1 aromatic carbocycles. The lowest BCUT2D eigenvalue weighted by atomic mass is 10.1. The van der Waals surface area contributed by atoms with Crippen LogP contribution in [-0.4, -0.2) is 16.3 Å². The van der Waals surface area contributed by atoms with E-state index in [9.17, 15) is 4.39 Å². The van der Waals surface area contributed by atoms with Gasteiger partial charge in [-0.05, 0) is 43.5 Å². The summed E-state index contributed by atoms with van der Waals surface area (Å²) < 4.78 is 15.6. The van der Waals surface area contributed by atoms with Gasteiger partial charge in [0.2, 0.25) is 0 Å². The summed E-state index contributed by atoms with van der Waals surface area (Å²) in [5.41, 5.74) is 1.83. The topological polar surface area (TPSA) is 29.9 Å². The van der Waals surface area contributed by atoms with Crippen molar-refractivity contribution in [2.75, 3.05) is 6.54 Å². The molecule has 1 N–H and O–H groups in total. The molecule has 3 nitrogen and oxygen atoms in total. The highest BCUT2D eigenvalue weighted by molar-refractivity contribution is 5.17. The molecule has 21 heavy (non-hydrogen) atoms. The Kier molecular flexibility index (Phi) is 4.65. The van der Waals surface area contributed by atoms with Gasteiger partial charge in [-0.1, -0.05) is 31.0 Å². The maximum absolute atomic E-state index is 13.5. The third-order valence-corrected chi connectivity index (χ3v) is 4.20. The van der Waals surface area contributed by atoms with Gasteiger partial charge in [0.05, 0.1) is 11.7 Å². The Morgan fingerprint density at radius 2 is 2.00 bits per heavy atom. The number of rotatable bonds is 6. The highest BCUT2D eigenvalue weighted by Crippen LogP contribution is 2.28. The Hall–Kier alpha value is -1.68. The normalized spacial score (nSPS) is 15.7. The molecule has 112 valence electrons. The molecule has 3 rings (SSSR count). The summed E-state index contributed by atoms with van der Waals surface area (Å²) in [6, 6.07) is 9.62. The van der Waals surface area contributed by atoms with Crippen LogP contribution >= 0.6 is 0 Å². The monoisotopic (exact) mass is 287 g/mol. The van der Waals surface area contributed by atoms with Crippen LogP contribution in [0.1, 0.15) is 43.0 Å². The van der Waals surface area contributed by atoms with Crippen molar-refractivity contribution in [3.05, 3.63) is 53.6 Å². The van der Waals surface area contributed by atoms with Gasteiger partial charge in [-0.15, -0.1) is 0 Å². The van der Waals surface area contributed by atoms with E-state index in [4.69, 9.17) is 0 Å². The molecule has 0 atom stereocenters. The molecule has 0 saturated heterocycles. The van der Waals surface area contributed by atoms with E-state index in [0.29, 0.717) is 12.5 Å². The van der Waals surface area contributed by atoms with E-state index in [1.54, 1.807) is 6.07 Å². The van der Waals surface area contributed by atoms with E-state index in [1.807, 2.05) is 12.1 Å². The van der Waals surface area contributed by atoms with Crippen molar-refractivity contribution in [2.24, 2.45) is 0 Å². The Morgan fingerprint density at radius 3 is 2.81 bits per heavy atom. The van der Waals surface area contributed by atoms with Crippen LogP contribution in [0.3, 0.4) is 0 Å². The Labute approximate surface area is 125 Å². The number of nitrogens with one attached hydrogen (secondary N) is 1. The summed E-state index contributed by atoms with van der Waals surface area (Å²) in [5, 5.41) is 7.97. The van der Waals surface area contributed by atoms with Gasteiger partial charge in [0, 0.05) is 12.7 Å². The van der Waals surface area contributed by atoms with Gasteiger partial charge < -0.3 is 5.32 Å². The average Bonchev–Trinajstić information content (AvgIpc) is 3.16. The van der Waals surface area contributed by atoms with Crippen molar-refractivity contribution in [3.8, 4) is 0 Å². The van der Waals surface area contributed by atoms with E-state index < -0.39 is 0 Å². The Balaban J connectivity index is 1.44. The van der Waals surface area contributed by atoms with Crippen LogP contribution in [0.2, 0.25) is 0 Å². The van der Waals surface area contributed by atoms with Gasteiger partial charge in [-0.3, -0.25) is 4.68 Å². The molecule has 1 aromatic heterocycles. The molecule has 1 aliphatic carbocycles. The second kappa shape index (κ2) is 6.85. The third-order valence-electron chi connectivity index (χ3n) is 4.20. The minimum absolute atomic E-state index is 0.121. The smallest absolute Gasteiger partial charge is 0.126 e. The SMILES string of the molecule is Fc1ccccc1CCNCc1ccn(C2CCCC2)n1. The number of hydrogen-bond donors (Lipinski definition) is 1. The van der Waals surface area contributed by atoms with Crippen LogP contribution in [0, 0.1) is 5.82 Å². The molecule has 4 heteroatoms. The van der Waals surface area contributed by atoms with Crippen molar-refractivity contribution in [1.82, 2.24) is 15.1 Å². The standard InChI is InChI=1S/C17H22FN3/c18-17-8-4-1-5-14(17)9-11-19-13-15-10-12-21(20-15)16-6-2-3-7-16/h1,4-5,8,10,12,16,19H,2-3,6-7,9,11,13H2. The van der Waals surface area contributed by atoms with Gasteiger partial charge in [-0.2, -0.15) is 5.10 Å². The molecule has 2 aromatic rings. The lowest BCUT2D eigenvalue weighted by Crippen LogP contribution is -2.18. The maximum atomic E-state index is 13.5. The van der Waals surface area contributed by atoms with Gasteiger partial charge in [0.15, 0.2) is 0 Å². The molecule has 0 amide bonds. The van der Waals surface area contributed by atoms with Crippen LogP contribution in [0.4, 0.5) is 4.39 Å². The fraction of sp³-hybridized carbons (Fsp3) is 0.471. The molecule has 1 aliphatic rings. The molecule has 1 saturated carbocycles. The van der Waals surface area contributed by atoms with Gasteiger partial charge in [-0.25, -0.2) is 4.39 Å². The zero-order chi connectivity index (χ0) is 14.5. The molecule has 0 unspecified atom stereocenters. The van der Waals surface area contributed by atoms with Crippen LogP contribution in [0.25, 0.3) is 0 Å². The van der Waals surface area contributed by atoms with Crippen molar-refractivity contribution in [3.63, 3.8) is 0 Å².